The quantitative estimate of drug-likeness (QED) is 0.865. The first-order chi connectivity index (χ1) is 8.54. The third-order valence-electron chi connectivity index (χ3n) is 2.54. The van der Waals surface area contributed by atoms with Crippen LogP contribution < -0.4 is 0 Å². The number of carboxylic acid groups (broad SMARTS) is 1. The van der Waals surface area contributed by atoms with Crippen LogP contribution in [0.4, 0.5) is 0 Å². The van der Waals surface area contributed by atoms with Gasteiger partial charge < -0.3 is 9.52 Å². The van der Waals surface area contributed by atoms with Crippen LogP contribution in [-0.2, 0) is 20.1 Å². The molecular formula is C12H15N3O3. The molecule has 0 aliphatic heterocycles. The zero-order valence-electron chi connectivity index (χ0n) is 10.3. The highest BCUT2D eigenvalue weighted by Crippen LogP contribution is 2.11. The van der Waals surface area contributed by atoms with Gasteiger partial charge in [-0.3, -0.25) is 9.58 Å². The first-order valence-electron chi connectivity index (χ1n) is 5.51. The van der Waals surface area contributed by atoms with Crippen LogP contribution in [0.15, 0.2) is 29.1 Å². The summed E-state index contributed by atoms with van der Waals surface area (Å²) in [6.07, 6.45) is 5.01. The molecule has 0 aliphatic rings. The Hall–Kier alpha value is -2.08. The number of aromatic nitrogens is 2. The van der Waals surface area contributed by atoms with Gasteiger partial charge in [0.25, 0.3) is 0 Å². The first kappa shape index (κ1) is 12.4. The number of rotatable bonds is 5. The predicted octanol–water partition coefficient (Wildman–Crippen LogP) is 1.34. The molecule has 0 aromatic carbocycles. The van der Waals surface area contributed by atoms with Crippen LogP contribution in [-0.4, -0.2) is 32.8 Å². The third kappa shape index (κ3) is 2.98. The summed E-state index contributed by atoms with van der Waals surface area (Å²) < 4.78 is 6.94. The fraction of sp³-hybridized carbons (Fsp3) is 0.333. The summed E-state index contributed by atoms with van der Waals surface area (Å²) in [6, 6.07) is 1.54. The van der Waals surface area contributed by atoms with Gasteiger partial charge in [-0.25, -0.2) is 4.79 Å². The van der Waals surface area contributed by atoms with Crippen LogP contribution in [0.5, 0.6) is 0 Å². The van der Waals surface area contributed by atoms with E-state index in [-0.39, 0.29) is 5.56 Å². The average Bonchev–Trinajstić information content (AvgIpc) is 2.88. The van der Waals surface area contributed by atoms with Gasteiger partial charge in [-0.15, -0.1) is 0 Å². The van der Waals surface area contributed by atoms with Gasteiger partial charge in [-0.1, -0.05) is 0 Å². The molecule has 6 nitrogen and oxygen atoms in total. The molecular weight excluding hydrogens is 234 g/mol. The van der Waals surface area contributed by atoms with Crippen molar-refractivity contribution in [2.75, 3.05) is 7.05 Å². The van der Waals surface area contributed by atoms with Crippen molar-refractivity contribution in [1.82, 2.24) is 14.7 Å². The Bertz CT molecular complexity index is 544. The van der Waals surface area contributed by atoms with Crippen molar-refractivity contribution < 1.29 is 14.3 Å². The Labute approximate surface area is 104 Å². The number of aryl methyl sites for hydroxylation is 1. The van der Waals surface area contributed by atoms with Crippen molar-refractivity contribution in [1.29, 1.82) is 0 Å². The average molecular weight is 249 g/mol. The van der Waals surface area contributed by atoms with Crippen LogP contribution in [0.1, 0.15) is 21.7 Å². The molecule has 0 unspecified atom stereocenters. The van der Waals surface area contributed by atoms with E-state index >= 15 is 0 Å². The van der Waals surface area contributed by atoms with Gasteiger partial charge >= 0.3 is 5.97 Å². The van der Waals surface area contributed by atoms with E-state index in [4.69, 9.17) is 9.52 Å². The summed E-state index contributed by atoms with van der Waals surface area (Å²) in [5.74, 6) is -0.335. The summed E-state index contributed by atoms with van der Waals surface area (Å²) >= 11 is 0. The lowest BCUT2D eigenvalue weighted by molar-refractivity contribution is 0.0696. The Kier molecular flexibility index (Phi) is 3.47. The zero-order valence-corrected chi connectivity index (χ0v) is 10.3. The maximum atomic E-state index is 10.7. The van der Waals surface area contributed by atoms with E-state index < -0.39 is 5.97 Å². The highest BCUT2D eigenvalue weighted by atomic mass is 16.4. The second kappa shape index (κ2) is 5.05. The van der Waals surface area contributed by atoms with Crippen LogP contribution in [0.2, 0.25) is 0 Å². The minimum atomic E-state index is -0.972. The van der Waals surface area contributed by atoms with E-state index in [0.29, 0.717) is 12.3 Å². The highest BCUT2D eigenvalue weighted by molar-refractivity contribution is 5.87. The molecule has 0 radical (unpaired) electrons. The Morgan fingerprint density at radius 3 is 2.89 bits per heavy atom. The Morgan fingerprint density at radius 1 is 1.56 bits per heavy atom. The van der Waals surface area contributed by atoms with E-state index in [1.165, 1.54) is 6.26 Å². The molecule has 96 valence electrons. The molecule has 0 fully saturated rings. The fourth-order valence-corrected chi connectivity index (χ4v) is 1.76. The van der Waals surface area contributed by atoms with E-state index in [1.807, 2.05) is 25.2 Å². The third-order valence-corrected chi connectivity index (χ3v) is 2.54. The Morgan fingerprint density at radius 2 is 2.33 bits per heavy atom. The molecule has 0 spiro atoms. The standard InChI is InChI=1S/C12H15N3O3/c1-14(5-9-4-13-15(2)6-9)7-11-3-10(8-18-11)12(16)17/h3-4,6,8H,5,7H2,1-2H3,(H,16,17). The van der Waals surface area contributed by atoms with Crippen molar-refractivity contribution in [2.45, 2.75) is 13.1 Å². The van der Waals surface area contributed by atoms with E-state index in [1.54, 1.807) is 16.9 Å². The zero-order chi connectivity index (χ0) is 13.1. The smallest absolute Gasteiger partial charge is 0.338 e. The molecule has 0 saturated heterocycles. The number of aromatic carboxylic acids is 1. The van der Waals surface area contributed by atoms with Gasteiger partial charge in [0.05, 0.1) is 18.3 Å². The number of furan rings is 1. The number of carboxylic acids is 1. The molecule has 2 aromatic rings. The molecule has 1 N–H and O–H groups in total. The first-order valence-corrected chi connectivity index (χ1v) is 5.51. The fourth-order valence-electron chi connectivity index (χ4n) is 1.76. The molecule has 0 atom stereocenters. The molecule has 2 rings (SSSR count). The Balaban J connectivity index is 1.94. The lowest BCUT2D eigenvalue weighted by atomic mass is 10.3. The minimum Gasteiger partial charge on any atom is -0.478 e. The lowest BCUT2D eigenvalue weighted by Gasteiger charge is -2.13. The highest BCUT2D eigenvalue weighted by Gasteiger charge is 2.10. The number of nitrogens with zero attached hydrogens (tertiary/aromatic N) is 3. The molecule has 18 heavy (non-hydrogen) atoms. The molecule has 6 heteroatoms. The van der Waals surface area contributed by atoms with Gasteiger partial charge in [0.1, 0.15) is 12.0 Å². The van der Waals surface area contributed by atoms with E-state index in [0.717, 1.165) is 12.1 Å². The van der Waals surface area contributed by atoms with Gasteiger partial charge in [0.15, 0.2) is 0 Å². The number of carbonyl (C=O) groups is 1. The summed E-state index contributed by atoms with van der Waals surface area (Å²) in [4.78, 5) is 12.7. The van der Waals surface area contributed by atoms with E-state index in [2.05, 4.69) is 5.10 Å². The molecule has 0 saturated carbocycles. The summed E-state index contributed by atoms with van der Waals surface area (Å²) in [5, 5.41) is 12.9. The molecule has 0 aliphatic carbocycles. The van der Waals surface area contributed by atoms with Gasteiger partial charge in [-0.05, 0) is 13.1 Å². The van der Waals surface area contributed by atoms with Gasteiger partial charge in [0, 0.05) is 25.4 Å². The van der Waals surface area contributed by atoms with Crippen LogP contribution in [0.3, 0.4) is 0 Å². The normalized spacial score (nSPS) is 11.1. The van der Waals surface area contributed by atoms with Crippen molar-refractivity contribution in [3.05, 3.63) is 41.6 Å². The van der Waals surface area contributed by atoms with Crippen LogP contribution in [0, 0.1) is 0 Å². The number of hydrogen-bond acceptors (Lipinski definition) is 4. The van der Waals surface area contributed by atoms with Gasteiger partial charge in [-0.2, -0.15) is 5.10 Å². The lowest BCUT2D eigenvalue weighted by Crippen LogP contribution is -2.16. The summed E-state index contributed by atoms with van der Waals surface area (Å²) in [5.41, 5.74) is 1.28. The molecule has 0 bridgehead atoms. The monoisotopic (exact) mass is 249 g/mol. The van der Waals surface area contributed by atoms with Crippen molar-refractivity contribution in [3.8, 4) is 0 Å². The largest absolute Gasteiger partial charge is 0.478 e. The molecule has 2 aromatic heterocycles. The second-order valence-electron chi connectivity index (χ2n) is 4.30. The maximum absolute atomic E-state index is 10.7. The van der Waals surface area contributed by atoms with Crippen molar-refractivity contribution >= 4 is 5.97 Å². The van der Waals surface area contributed by atoms with E-state index in [9.17, 15) is 4.79 Å². The minimum absolute atomic E-state index is 0.180. The maximum Gasteiger partial charge on any atom is 0.338 e. The SMILES string of the molecule is CN(Cc1cnn(C)c1)Cc1cc(C(=O)O)co1. The van der Waals surface area contributed by atoms with Crippen LogP contribution >= 0.6 is 0 Å². The summed E-state index contributed by atoms with van der Waals surface area (Å²) in [7, 11) is 3.81. The molecule has 2 heterocycles. The number of hydrogen-bond donors (Lipinski definition) is 1. The van der Waals surface area contributed by atoms with Gasteiger partial charge in [0.2, 0.25) is 0 Å². The topological polar surface area (TPSA) is 71.5 Å². The second-order valence-corrected chi connectivity index (χ2v) is 4.30. The van der Waals surface area contributed by atoms with Crippen LogP contribution in [0.25, 0.3) is 0 Å². The summed E-state index contributed by atoms with van der Waals surface area (Å²) in [6.45, 7) is 1.29. The predicted molar refractivity (Wildman–Crippen MR) is 64.0 cm³/mol. The van der Waals surface area contributed by atoms with Crippen molar-refractivity contribution in [3.63, 3.8) is 0 Å². The molecule has 0 amide bonds. The van der Waals surface area contributed by atoms with Crippen molar-refractivity contribution in [2.24, 2.45) is 7.05 Å².